The number of carbonyl (C=O) groups excluding carboxylic acids is 1. The Bertz CT molecular complexity index is 1490. The minimum Gasteiger partial charge on any atom is -0.379 e. The van der Waals surface area contributed by atoms with Crippen molar-refractivity contribution < 1.29 is 18.3 Å². The molecule has 194 valence electrons. The topological polar surface area (TPSA) is 67.7 Å². The lowest BCUT2D eigenvalue weighted by Crippen LogP contribution is -2.49. The summed E-state index contributed by atoms with van der Waals surface area (Å²) in [7, 11) is 1.58. The average molecular weight is 547 g/mol. The summed E-state index contributed by atoms with van der Waals surface area (Å²) in [6.07, 6.45) is 1.02. The second-order valence-electron chi connectivity index (χ2n) is 9.05. The maximum Gasteiger partial charge on any atom is 0.350 e. The summed E-state index contributed by atoms with van der Waals surface area (Å²) < 4.78 is 36.3. The van der Waals surface area contributed by atoms with Crippen molar-refractivity contribution in [2.24, 2.45) is 0 Å². The van der Waals surface area contributed by atoms with E-state index < -0.39 is 17.3 Å². The van der Waals surface area contributed by atoms with Crippen molar-refractivity contribution in [1.82, 2.24) is 14.5 Å². The number of aryl methyl sites for hydroxylation is 1. The Morgan fingerprint density at radius 2 is 1.95 bits per heavy atom. The highest BCUT2D eigenvalue weighted by Crippen LogP contribution is 2.44. The number of piperazine rings is 1. The van der Waals surface area contributed by atoms with E-state index in [1.165, 1.54) is 23.9 Å². The van der Waals surface area contributed by atoms with Crippen LogP contribution in [0.2, 0.25) is 5.02 Å². The van der Waals surface area contributed by atoms with Crippen LogP contribution in [0, 0.1) is 18.6 Å². The molecule has 1 aromatic heterocycles. The van der Waals surface area contributed by atoms with Crippen LogP contribution in [-0.4, -0.2) is 65.5 Å². The van der Waals surface area contributed by atoms with Gasteiger partial charge in [0, 0.05) is 66.5 Å². The fourth-order valence-electron chi connectivity index (χ4n) is 4.96. The number of benzene rings is 2. The van der Waals surface area contributed by atoms with Gasteiger partial charge in [-0.25, -0.2) is 13.6 Å². The van der Waals surface area contributed by atoms with Gasteiger partial charge < -0.3 is 14.5 Å². The summed E-state index contributed by atoms with van der Waals surface area (Å²) in [6, 6.07) is 3.96. The molecule has 0 unspecified atom stereocenters. The van der Waals surface area contributed by atoms with Gasteiger partial charge >= 0.3 is 5.69 Å². The lowest BCUT2D eigenvalue weighted by atomic mass is 9.97. The molecule has 0 bridgehead atoms. The van der Waals surface area contributed by atoms with E-state index in [4.69, 9.17) is 16.3 Å². The summed E-state index contributed by atoms with van der Waals surface area (Å²) in [5.41, 5.74) is 1.65. The Hall–Kier alpha value is -2.95. The molecule has 2 aliphatic heterocycles. The maximum atomic E-state index is 15.1. The van der Waals surface area contributed by atoms with E-state index in [0.29, 0.717) is 53.7 Å². The third-order valence-corrected chi connectivity index (χ3v) is 8.39. The van der Waals surface area contributed by atoms with E-state index in [2.05, 4.69) is 11.6 Å². The molecule has 0 aliphatic carbocycles. The molecule has 0 saturated carbocycles. The predicted molar refractivity (Wildman–Crippen MR) is 142 cm³/mol. The van der Waals surface area contributed by atoms with Crippen LogP contribution in [-0.2, 0) is 16.1 Å². The number of amides is 1. The van der Waals surface area contributed by atoms with Gasteiger partial charge in [0.05, 0.1) is 23.2 Å². The molecule has 0 N–H and O–H groups in total. The zero-order valence-corrected chi connectivity index (χ0v) is 22.0. The number of methoxy groups -OCH3 is 1. The van der Waals surface area contributed by atoms with E-state index in [0.717, 1.165) is 17.0 Å². The minimum atomic E-state index is -0.836. The highest BCUT2D eigenvalue weighted by molar-refractivity contribution is 7.99. The molecule has 2 aromatic carbocycles. The molecular formula is C26H25ClF2N4O3S. The second kappa shape index (κ2) is 10.1. The molecule has 1 atom stereocenters. The second-order valence-corrected chi connectivity index (χ2v) is 10.5. The first-order chi connectivity index (χ1) is 17.7. The molecule has 37 heavy (non-hydrogen) atoms. The first kappa shape index (κ1) is 25.7. The number of halogens is 3. The highest BCUT2D eigenvalue weighted by atomic mass is 35.5. The van der Waals surface area contributed by atoms with Crippen molar-refractivity contribution in [3.8, 4) is 11.1 Å². The number of thioether (sulfide) groups is 1. The molecule has 2 aliphatic rings. The van der Waals surface area contributed by atoms with E-state index in [9.17, 15) is 14.0 Å². The molecule has 0 spiro atoms. The molecule has 3 heterocycles. The van der Waals surface area contributed by atoms with E-state index in [-0.39, 0.29) is 29.1 Å². The van der Waals surface area contributed by atoms with E-state index in [1.54, 1.807) is 16.6 Å². The molecule has 1 fully saturated rings. The monoisotopic (exact) mass is 546 g/mol. The number of hydrogen-bond acceptors (Lipinski definition) is 6. The van der Waals surface area contributed by atoms with Crippen LogP contribution in [0.5, 0.6) is 0 Å². The van der Waals surface area contributed by atoms with Crippen molar-refractivity contribution in [2.75, 3.05) is 43.9 Å². The Labute approximate surface area is 221 Å². The van der Waals surface area contributed by atoms with Crippen LogP contribution < -0.4 is 10.6 Å². The molecule has 5 rings (SSSR count). The number of hydrogen-bond donors (Lipinski definition) is 0. The number of rotatable bonds is 4. The van der Waals surface area contributed by atoms with Crippen molar-refractivity contribution in [3.63, 3.8) is 0 Å². The number of carbonyl (C=O) groups is 1. The van der Waals surface area contributed by atoms with Gasteiger partial charge in [-0.05, 0) is 30.7 Å². The highest BCUT2D eigenvalue weighted by Gasteiger charge is 2.29. The lowest BCUT2D eigenvalue weighted by molar-refractivity contribution is -0.126. The zero-order chi connectivity index (χ0) is 26.4. The fraction of sp³-hybridized carbons (Fsp3) is 0.346. The number of aromatic nitrogens is 2. The van der Waals surface area contributed by atoms with E-state index in [1.807, 2.05) is 17.9 Å². The van der Waals surface area contributed by atoms with Gasteiger partial charge in [0.25, 0.3) is 0 Å². The third-order valence-electron chi connectivity index (χ3n) is 6.87. The van der Waals surface area contributed by atoms with Crippen LogP contribution in [0.15, 0.2) is 40.5 Å². The average Bonchev–Trinajstić information content (AvgIpc) is 3.09. The van der Waals surface area contributed by atoms with Crippen LogP contribution in [0.4, 0.5) is 14.6 Å². The first-order valence-electron chi connectivity index (χ1n) is 11.8. The van der Waals surface area contributed by atoms with Crippen molar-refractivity contribution in [2.45, 2.75) is 24.5 Å². The van der Waals surface area contributed by atoms with Crippen molar-refractivity contribution in [3.05, 3.63) is 63.6 Å². The summed E-state index contributed by atoms with van der Waals surface area (Å²) in [5.74, 6) is -0.663. The van der Waals surface area contributed by atoms with E-state index >= 15 is 4.39 Å². The molecular weight excluding hydrogens is 522 g/mol. The van der Waals surface area contributed by atoms with Crippen LogP contribution in [0.3, 0.4) is 0 Å². The van der Waals surface area contributed by atoms with Gasteiger partial charge in [0.2, 0.25) is 5.91 Å². The lowest BCUT2D eigenvalue weighted by Gasteiger charge is -2.35. The predicted octanol–water partition coefficient (Wildman–Crippen LogP) is 4.26. The number of ether oxygens (including phenoxy) is 1. The summed E-state index contributed by atoms with van der Waals surface area (Å²) >= 11 is 7.51. The SMILES string of the molecule is C=CC(=O)N1CCN(c2nc(=O)n3c4c(c(-c5cc(Cl)c(F)cc5F)c(C)cc24)SC[C@H](OC)C3)CC1. The van der Waals surface area contributed by atoms with Crippen molar-refractivity contribution >= 4 is 46.0 Å². The van der Waals surface area contributed by atoms with Gasteiger partial charge in [0.15, 0.2) is 0 Å². The summed E-state index contributed by atoms with van der Waals surface area (Å²) in [6.45, 7) is 7.63. The third kappa shape index (κ3) is 4.51. The summed E-state index contributed by atoms with van der Waals surface area (Å²) in [4.78, 5) is 34.3. The molecule has 7 nitrogen and oxygen atoms in total. The van der Waals surface area contributed by atoms with Gasteiger partial charge in [-0.3, -0.25) is 9.36 Å². The Balaban J connectivity index is 1.74. The first-order valence-corrected chi connectivity index (χ1v) is 13.1. The summed E-state index contributed by atoms with van der Waals surface area (Å²) in [5, 5.41) is 0.563. The molecule has 1 saturated heterocycles. The normalized spacial score (nSPS) is 17.7. The zero-order valence-electron chi connectivity index (χ0n) is 20.4. The van der Waals surface area contributed by atoms with Crippen molar-refractivity contribution in [1.29, 1.82) is 0 Å². The van der Waals surface area contributed by atoms with Gasteiger partial charge in [-0.1, -0.05) is 18.2 Å². The Morgan fingerprint density at radius 1 is 1.22 bits per heavy atom. The van der Waals surface area contributed by atoms with Gasteiger partial charge in [0.1, 0.15) is 17.5 Å². The van der Waals surface area contributed by atoms with Gasteiger partial charge in [-0.15, -0.1) is 11.8 Å². The molecule has 0 radical (unpaired) electrons. The van der Waals surface area contributed by atoms with Gasteiger partial charge in [-0.2, -0.15) is 4.98 Å². The molecule has 11 heteroatoms. The largest absolute Gasteiger partial charge is 0.379 e. The number of anilines is 1. The Morgan fingerprint density at radius 3 is 2.62 bits per heavy atom. The fourth-order valence-corrected chi connectivity index (χ4v) is 6.49. The number of nitrogens with zero attached hydrogens (tertiary/aromatic N) is 4. The molecule has 3 aromatic rings. The standard InChI is InChI=1S/C26H25ClF2N4O3S/c1-4-21(34)31-5-7-32(8-6-31)25-17-9-14(2)22(16-10-18(27)20(29)11-19(16)28)24-23(17)33(26(35)30-25)12-15(36-3)13-37-24/h4,9-11,15H,1,5-8,12-13H2,2-3H3/t15-/m1/s1. The van der Waals surface area contributed by atoms with Crippen LogP contribution in [0.25, 0.3) is 22.0 Å². The minimum absolute atomic E-state index is 0.136. The maximum absolute atomic E-state index is 15.1. The molecule has 1 amide bonds. The Kier molecular flexibility index (Phi) is 6.99. The smallest absolute Gasteiger partial charge is 0.350 e. The quantitative estimate of drug-likeness (QED) is 0.360. The van der Waals surface area contributed by atoms with Crippen LogP contribution >= 0.6 is 23.4 Å². The van der Waals surface area contributed by atoms with Crippen LogP contribution in [0.1, 0.15) is 5.56 Å².